The molecule has 1 aliphatic rings. The summed E-state index contributed by atoms with van der Waals surface area (Å²) in [7, 11) is 1.43. The molecule has 4 heteroatoms. The van der Waals surface area contributed by atoms with Gasteiger partial charge in [0.15, 0.2) is 0 Å². The summed E-state index contributed by atoms with van der Waals surface area (Å²) >= 11 is 1.80. The second-order valence-corrected chi connectivity index (χ2v) is 4.95. The quantitative estimate of drug-likeness (QED) is 0.793. The Morgan fingerprint density at radius 2 is 2.19 bits per heavy atom. The minimum atomic E-state index is -0.168. The number of rotatable bonds is 2. The van der Waals surface area contributed by atoms with E-state index in [4.69, 9.17) is 4.74 Å². The van der Waals surface area contributed by atoms with Crippen molar-refractivity contribution in [3.05, 3.63) is 35.9 Å². The highest BCUT2D eigenvalue weighted by molar-refractivity contribution is 7.99. The Balaban J connectivity index is 1.93. The van der Waals surface area contributed by atoms with Crippen LogP contribution in [0.15, 0.2) is 30.3 Å². The predicted octanol–water partition coefficient (Wildman–Crippen LogP) is 1.61. The van der Waals surface area contributed by atoms with E-state index in [1.54, 1.807) is 11.8 Å². The molecule has 0 spiro atoms. The highest BCUT2D eigenvalue weighted by Gasteiger charge is 2.27. The van der Waals surface area contributed by atoms with Gasteiger partial charge in [-0.25, -0.2) is 0 Å². The maximum Gasteiger partial charge on any atom is 0.323 e. The van der Waals surface area contributed by atoms with E-state index in [9.17, 15) is 4.79 Å². The van der Waals surface area contributed by atoms with Crippen molar-refractivity contribution in [3.63, 3.8) is 0 Å². The summed E-state index contributed by atoms with van der Waals surface area (Å²) in [6.45, 7) is 0.814. The molecule has 1 N–H and O–H groups in total. The topological polar surface area (TPSA) is 38.3 Å². The van der Waals surface area contributed by atoms with Crippen molar-refractivity contribution in [1.29, 1.82) is 0 Å². The van der Waals surface area contributed by atoms with Gasteiger partial charge in [-0.2, -0.15) is 11.8 Å². The van der Waals surface area contributed by atoms with Gasteiger partial charge in [-0.15, -0.1) is 0 Å². The molecule has 2 unspecified atom stereocenters. The standard InChI is InChI=1S/C12H15NO2S/c1-15-12(14)10-8-16-11(7-13-10)9-5-3-2-4-6-9/h2-6,10-11,13H,7-8H2,1H3. The lowest BCUT2D eigenvalue weighted by atomic mass is 10.1. The molecule has 2 atom stereocenters. The number of benzene rings is 1. The number of nitrogens with one attached hydrogen (secondary N) is 1. The Kier molecular flexibility index (Phi) is 3.85. The van der Waals surface area contributed by atoms with Gasteiger partial charge in [0.25, 0.3) is 0 Å². The summed E-state index contributed by atoms with van der Waals surface area (Å²) in [5.41, 5.74) is 1.31. The van der Waals surface area contributed by atoms with Crippen LogP contribution in [0.2, 0.25) is 0 Å². The number of ether oxygens (including phenoxy) is 1. The van der Waals surface area contributed by atoms with Crippen molar-refractivity contribution in [1.82, 2.24) is 5.32 Å². The molecule has 0 aliphatic carbocycles. The van der Waals surface area contributed by atoms with Gasteiger partial charge in [-0.1, -0.05) is 30.3 Å². The van der Waals surface area contributed by atoms with Crippen molar-refractivity contribution in [2.75, 3.05) is 19.4 Å². The second-order valence-electron chi connectivity index (χ2n) is 3.72. The van der Waals surface area contributed by atoms with Gasteiger partial charge in [0.2, 0.25) is 0 Å². The highest BCUT2D eigenvalue weighted by Crippen LogP contribution is 2.31. The molecule has 1 aromatic carbocycles. The van der Waals surface area contributed by atoms with Crippen LogP contribution in [0, 0.1) is 0 Å². The first-order chi connectivity index (χ1) is 7.81. The van der Waals surface area contributed by atoms with E-state index in [1.165, 1.54) is 12.7 Å². The molecule has 0 amide bonds. The van der Waals surface area contributed by atoms with E-state index in [2.05, 4.69) is 17.4 Å². The van der Waals surface area contributed by atoms with E-state index < -0.39 is 0 Å². The fraction of sp³-hybridized carbons (Fsp3) is 0.417. The van der Waals surface area contributed by atoms with Gasteiger partial charge in [-0.3, -0.25) is 4.79 Å². The minimum Gasteiger partial charge on any atom is -0.468 e. The number of carbonyl (C=O) groups is 1. The fourth-order valence-corrected chi connectivity index (χ4v) is 3.00. The molecule has 1 fully saturated rings. The van der Waals surface area contributed by atoms with Crippen LogP contribution in [0.4, 0.5) is 0 Å². The van der Waals surface area contributed by atoms with Crippen LogP contribution >= 0.6 is 11.8 Å². The Bertz CT molecular complexity index is 347. The Morgan fingerprint density at radius 1 is 1.44 bits per heavy atom. The fourth-order valence-electron chi connectivity index (χ4n) is 1.75. The van der Waals surface area contributed by atoms with Crippen molar-refractivity contribution in [3.8, 4) is 0 Å². The average molecular weight is 237 g/mol. The summed E-state index contributed by atoms with van der Waals surface area (Å²) < 4.78 is 4.72. The Morgan fingerprint density at radius 3 is 2.75 bits per heavy atom. The van der Waals surface area contributed by atoms with Crippen LogP contribution in [0.3, 0.4) is 0 Å². The van der Waals surface area contributed by atoms with Gasteiger partial charge >= 0.3 is 5.97 Å². The molecule has 3 nitrogen and oxygen atoms in total. The molecule has 0 aromatic heterocycles. The third-order valence-corrected chi connectivity index (χ3v) is 4.04. The summed E-state index contributed by atoms with van der Waals surface area (Å²) in [6.07, 6.45) is 0. The number of carbonyl (C=O) groups excluding carboxylic acids is 1. The smallest absolute Gasteiger partial charge is 0.323 e. The van der Waals surface area contributed by atoms with Crippen LogP contribution in [-0.4, -0.2) is 31.4 Å². The number of thioether (sulfide) groups is 1. The van der Waals surface area contributed by atoms with E-state index in [0.29, 0.717) is 5.25 Å². The molecule has 16 heavy (non-hydrogen) atoms. The zero-order chi connectivity index (χ0) is 11.4. The lowest BCUT2D eigenvalue weighted by Crippen LogP contribution is -2.44. The number of methoxy groups -OCH3 is 1. The zero-order valence-electron chi connectivity index (χ0n) is 9.18. The third kappa shape index (κ3) is 2.57. The molecule has 1 saturated heterocycles. The first kappa shape index (κ1) is 11.5. The SMILES string of the molecule is COC(=O)C1CSC(c2ccccc2)CN1. The molecule has 1 aromatic rings. The molecule has 1 heterocycles. The van der Waals surface area contributed by atoms with Crippen LogP contribution in [0.1, 0.15) is 10.8 Å². The third-order valence-electron chi connectivity index (χ3n) is 2.67. The van der Waals surface area contributed by atoms with Gasteiger partial charge in [0.1, 0.15) is 6.04 Å². The minimum absolute atomic E-state index is 0.157. The van der Waals surface area contributed by atoms with Gasteiger partial charge in [-0.05, 0) is 5.56 Å². The Hall–Kier alpha value is -1.00. The molecule has 0 radical (unpaired) electrons. The van der Waals surface area contributed by atoms with Gasteiger partial charge in [0.05, 0.1) is 7.11 Å². The molecule has 0 bridgehead atoms. The molecular formula is C12H15NO2S. The lowest BCUT2D eigenvalue weighted by molar-refractivity contribution is -0.142. The number of hydrogen-bond donors (Lipinski definition) is 1. The van der Waals surface area contributed by atoms with Crippen LogP contribution in [0.5, 0.6) is 0 Å². The maximum absolute atomic E-state index is 11.3. The van der Waals surface area contributed by atoms with Gasteiger partial charge < -0.3 is 10.1 Å². The first-order valence-corrected chi connectivity index (χ1v) is 6.34. The summed E-state index contributed by atoms with van der Waals surface area (Å²) in [5, 5.41) is 3.66. The van der Waals surface area contributed by atoms with Crippen LogP contribution in [-0.2, 0) is 9.53 Å². The normalized spacial score (nSPS) is 25.1. The summed E-state index contributed by atoms with van der Waals surface area (Å²) in [6, 6.07) is 10.2. The van der Waals surface area contributed by atoms with Crippen LogP contribution < -0.4 is 5.32 Å². The number of hydrogen-bond acceptors (Lipinski definition) is 4. The molecule has 86 valence electrons. The van der Waals surface area contributed by atoms with Crippen LogP contribution in [0.25, 0.3) is 0 Å². The predicted molar refractivity (Wildman–Crippen MR) is 65.4 cm³/mol. The highest BCUT2D eigenvalue weighted by atomic mass is 32.2. The maximum atomic E-state index is 11.3. The van der Waals surface area contributed by atoms with Crippen molar-refractivity contribution >= 4 is 17.7 Å². The molecular weight excluding hydrogens is 222 g/mol. The van der Waals surface area contributed by atoms with Crippen molar-refractivity contribution < 1.29 is 9.53 Å². The molecule has 0 saturated carbocycles. The summed E-state index contributed by atoms with van der Waals surface area (Å²) in [5.74, 6) is 0.602. The van der Waals surface area contributed by atoms with Crippen molar-refractivity contribution in [2.24, 2.45) is 0 Å². The lowest BCUT2D eigenvalue weighted by Gasteiger charge is -2.28. The van der Waals surface area contributed by atoms with Crippen molar-refractivity contribution in [2.45, 2.75) is 11.3 Å². The summed E-state index contributed by atoms with van der Waals surface area (Å²) in [4.78, 5) is 11.3. The molecule has 1 aliphatic heterocycles. The number of esters is 1. The first-order valence-electron chi connectivity index (χ1n) is 5.29. The second kappa shape index (κ2) is 5.37. The van der Waals surface area contributed by atoms with E-state index >= 15 is 0 Å². The van der Waals surface area contributed by atoms with E-state index in [0.717, 1.165) is 12.3 Å². The Labute approximate surface area is 99.6 Å². The largest absolute Gasteiger partial charge is 0.468 e. The zero-order valence-corrected chi connectivity index (χ0v) is 10.00. The molecule has 2 rings (SSSR count). The van der Waals surface area contributed by atoms with E-state index in [1.807, 2.05) is 18.2 Å². The van der Waals surface area contributed by atoms with E-state index in [-0.39, 0.29) is 12.0 Å². The monoisotopic (exact) mass is 237 g/mol. The average Bonchev–Trinajstić information content (AvgIpc) is 2.39. The van der Waals surface area contributed by atoms with Gasteiger partial charge in [0, 0.05) is 17.5 Å².